The van der Waals surface area contributed by atoms with Crippen molar-refractivity contribution < 1.29 is 17.9 Å². The average molecular weight is 285 g/mol. The van der Waals surface area contributed by atoms with Crippen LogP contribution >= 0.6 is 0 Å². The fourth-order valence-corrected chi connectivity index (χ4v) is 2.41. The van der Waals surface area contributed by atoms with Crippen LogP contribution in [0.25, 0.3) is 0 Å². The van der Waals surface area contributed by atoms with Gasteiger partial charge in [-0.25, -0.2) is 13.1 Å². The van der Waals surface area contributed by atoms with Gasteiger partial charge in [0.25, 0.3) is 0 Å². The van der Waals surface area contributed by atoms with Crippen LogP contribution in [0.1, 0.15) is 18.9 Å². The maximum absolute atomic E-state index is 11.7. The number of benzene rings is 1. The van der Waals surface area contributed by atoms with Gasteiger partial charge in [-0.15, -0.1) is 0 Å². The van der Waals surface area contributed by atoms with Crippen molar-refractivity contribution in [3.8, 4) is 0 Å². The minimum absolute atomic E-state index is 0.228. The second-order valence-electron chi connectivity index (χ2n) is 4.22. The molecule has 1 rings (SSSR count). The molecule has 0 aromatic heterocycles. The number of ether oxygens (including phenoxy) is 1. The van der Waals surface area contributed by atoms with Gasteiger partial charge in [0, 0.05) is 0 Å². The molecule has 0 saturated heterocycles. The minimum Gasteiger partial charge on any atom is -0.465 e. The van der Waals surface area contributed by atoms with Gasteiger partial charge in [-0.1, -0.05) is 30.3 Å². The van der Waals surface area contributed by atoms with Crippen LogP contribution in [0.3, 0.4) is 0 Å². The molecule has 0 radical (unpaired) electrons. The predicted octanol–water partition coefficient (Wildman–Crippen LogP) is 1.10. The number of aryl methyl sites for hydroxylation is 1. The van der Waals surface area contributed by atoms with E-state index in [2.05, 4.69) is 4.72 Å². The number of carbonyl (C=O) groups is 1. The van der Waals surface area contributed by atoms with E-state index in [4.69, 9.17) is 4.74 Å². The molecule has 106 valence electrons. The molecule has 1 atom stereocenters. The summed E-state index contributed by atoms with van der Waals surface area (Å²) in [5.74, 6) is -0.538. The molecule has 6 heteroatoms. The van der Waals surface area contributed by atoms with Crippen molar-refractivity contribution in [1.29, 1.82) is 0 Å². The summed E-state index contributed by atoms with van der Waals surface area (Å²) >= 11 is 0. The van der Waals surface area contributed by atoms with Gasteiger partial charge in [-0.2, -0.15) is 0 Å². The Morgan fingerprint density at radius 2 is 1.95 bits per heavy atom. The molecule has 0 bridgehead atoms. The number of rotatable bonds is 7. The summed E-state index contributed by atoms with van der Waals surface area (Å²) in [6, 6.07) is 8.74. The van der Waals surface area contributed by atoms with E-state index in [1.807, 2.05) is 30.3 Å². The normalized spacial score (nSPS) is 12.9. The highest BCUT2D eigenvalue weighted by Crippen LogP contribution is 2.07. The molecule has 0 fully saturated rings. The maximum atomic E-state index is 11.7. The van der Waals surface area contributed by atoms with Gasteiger partial charge in [-0.05, 0) is 25.3 Å². The van der Waals surface area contributed by atoms with Gasteiger partial charge in [-0.3, -0.25) is 4.79 Å². The number of carbonyl (C=O) groups excluding carboxylic acids is 1. The first-order valence-corrected chi connectivity index (χ1v) is 7.99. The Hall–Kier alpha value is -1.40. The summed E-state index contributed by atoms with van der Waals surface area (Å²) in [7, 11) is -3.44. The van der Waals surface area contributed by atoms with E-state index in [1.165, 1.54) is 0 Å². The third-order valence-electron chi connectivity index (χ3n) is 2.49. The standard InChI is InChI=1S/C13H19NO4S/c1-3-18-13(15)12(14-19(2,16)17)10-9-11-7-5-4-6-8-11/h4-8,12,14H,3,9-10H2,1-2H3/t12-/m1/s1. The van der Waals surface area contributed by atoms with Crippen molar-refractivity contribution in [3.63, 3.8) is 0 Å². The summed E-state index contributed by atoms with van der Waals surface area (Å²) in [4.78, 5) is 11.7. The molecule has 0 spiro atoms. The van der Waals surface area contributed by atoms with Crippen molar-refractivity contribution in [1.82, 2.24) is 4.72 Å². The van der Waals surface area contributed by atoms with Crippen molar-refractivity contribution >= 4 is 16.0 Å². The summed E-state index contributed by atoms with van der Waals surface area (Å²) in [5, 5.41) is 0. The smallest absolute Gasteiger partial charge is 0.324 e. The molecule has 1 aromatic rings. The molecular formula is C13H19NO4S. The van der Waals surface area contributed by atoms with Crippen LogP contribution in [0.5, 0.6) is 0 Å². The van der Waals surface area contributed by atoms with Gasteiger partial charge in [0.15, 0.2) is 0 Å². The van der Waals surface area contributed by atoms with E-state index in [0.717, 1.165) is 11.8 Å². The van der Waals surface area contributed by atoms with Crippen LogP contribution in [0.4, 0.5) is 0 Å². The highest BCUT2D eigenvalue weighted by molar-refractivity contribution is 7.88. The van der Waals surface area contributed by atoms with E-state index < -0.39 is 22.0 Å². The molecule has 0 heterocycles. The van der Waals surface area contributed by atoms with Crippen molar-refractivity contribution in [2.75, 3.05) is 12.9 Å². The number of esters is 1. The van der Waals surface area contributed by atoms with Crippen LogP contribution in [-0.2, 0) is 26.0 Å². The summed E-state index contributed by atoms with van der Waals surface area (Å²) in [6.07, 6.45) is 2.00. The van der Waals surface area contributed by atoms with Crippen LogP contribution in [0, 0.1) is 0 Å². The third-order valence-corrected chi connectivity index (χ3v) is 3.20. The Kier molecular flexibility index (Phi) is 5.98. The molecular weight excluding hydrogens is 266 g/mol. The molecule has 1 aromatic carbocycles. The Labute approximate surface area is 114 Å². The molecule has 0 amide bonds. The molecule has 0 aliphatic heterocycles. The van der Waals surface area contributed by atoms with Crippen LogP contribution < -0.4 is 4.72 Å². The number of hydrogen-bond acceptors (Lipinski definition) is 4. The van der Waals surface area contributed by atoms with Gasteiger partial charge in [0.1, 0.15) is 6.04 Å². The lowest BCUT2D eigenvalue weighted by atomic mass is 10.1. The van der Waals surface area contributed by atoms with E-state index in [9.17, 15) is 13.2 Å². The van der Waals surface area contributed by atoms with E-state index >= 15 is 0 Å². The van der Waals surface area contributed by atoms with E-state index in [1.54, 1.807) is 6.92 Å². The summed E-state index contributed by atoms with van der Waals surface area (Å²) < 4.78 is 29.7. The average Bonchev–Trinajstić information content (AvgIpc) is 2.34. The molecule has 19 heavy (non-hydrogen) atoms. The Morgan fingerprint density at radius 3 is 2.47 bits per heavy atom. The monoisotopic (exact) mass is 285 g/mol. The number of hydrogen-bond donors (Lipinski definition) is 1. The molecule has 1 N–H and O–H groups in total. The second-order valence-corrected chi connectivity index (χ2v) is 6.00. The van der Waals surface area contributed by atoms with E-state index in [-0.39, 0.29) is 6.61 Å². The Balaban J connectivity index is 2.66. The number of sulfonamides is 1. The van der Waals surface area contributed by atoms with Gasteiger partial charge >= 0.3 is 5.97 Å². The highest BCUT2D eigenvalue weighted by Gasteiger charge is 2.22. The van der Waals surface area contributed by atoms with Crippen molar-refractivity contribution in [2.45, 2.75) is 25.8 Å². The van der Waals surface area contributed by atoms with Crippen molar-refractivity contribution in [2.24, 2.45) is 0 Å². The van der Waals surface area contributed by atoms with Crippen molar-refractivity contribution in [3.05, 3.63) is 35.9 Å². The van der Waals surface area contributed by atoms with Gasteiger partial charge < -0.3 is 4.74 Å². The molecule has 0 saturated carbocycles. The predicted molar refractivity (Wildman–Crippen MR) is 73.2 cm³/mol. The summed E-state index contributed by atoms with van der Waals surface area (Å²) in [5.41, 5.74) is 1.05. The second kappa shape index (κ2) is 7.25. The topological polar surface area (TPSA) is 72.5 Å². The highest BCUT2D eigenvalue weighted by atomic mass is 32.2. The molecule has 0 aliphatic rings. The SMILES string of the molecule is CCOC(=O)[C@@H](CCc1ccccc1)NS(C)(=O)=O. The lowest BCUT2D eigenvalue weighted by Crippen LogP contribution is -2.41. The first kappa shape index (κ1) is 15.7. The van der Waals surface area contributed by atoms with Gasteiger partial charge in [0.05, 0.1) is 12.9 Å². The molecule has 0 aliphatic carbocycles. The largest absolute Gasteiger partial charge is 0.465 e. The van der Waals surface area contributed by atoms with Crippen LogP contribution in [-0.4, -0.2) is 33.3 Å². The molecule has 0 unspecified atom stereocenters. The molecule has 5 nitrogen and oxygen atoms in total. The third kappa shape index (κ3) is 6.35. The zero-order valence-electron chi connectivity index (χ0n) is 11.1. The fraction of sp³-hybridized carbons (Fsp3) is 0.462. The van der Waals surface area contributed by atoms with Crippen LogP contribution in [0.2, 0.25) is 0 Å². The number of nitrogens with one attached hydrogen (secondary N) is 1. The Bertz CT molecular complexity index is 499. The zero-order valence-corrected chi connectivity index (χ0v) is 11.9. The first-order valence-electron chi connectivity index (χ1n) is 6.10. The lowest BCUT2D eigenvalue weighted by molar-refractivity contribution is -0.145. The lowest BCUT2D eigenvalue weighted by Gasteiger charge is -2.15. The summed E-state index contributed by atoms with van der Waals surface area (Å²) in [6.45, 7) is 1.92. The Morgan fingerprint density at radius 1 is 1.32 bits per heavy atom. The van der Waals surface area contributed by atoms with E-state index in [0.29, 0.717) is 12.8 Å². The zero-order chi connectivity index (χ0) is 14.3. The minimum atomic E-state index is -3.44. The maximum Gasteiger partial charge on any atom is 0.324 e. The first-order chi connectivity index (χ1) is 8.92. The van der Waals surface area contributed by atoms with Gasteiger partial charge in [0.2, 0.25) is 10.0 Å². The quantitative estimate of drug-likeness (QED) is 0.761. The van der Waals surface area contributed by atoms with Crippen LogP contribution in [0.15, 0.2) is 30.3 Å². The fourth-order valence-electron chi connectivity index (χ4n) is 1.68.